The number of ether oxygens (including phenoxy) is 2. The number of halogens is 1. The monoisotopic (exact) mass is 373 g/mol. The largest absolute Gasteiger partial charge is 0.488 e. The van der Waals surface area contributed by atoms with Crippen LogP contribution in [-0.2, 0) is 4.74 Å². The van der Waals surface area contributed by atoms with Gasteiger partial charge in [-0.15, -0.1) is 0 Å². The molecule has 2 N–H and O–H groups in total. The lowest BCUT2D eigenvalue weighted by Gasteiger charge is -2.32. The summed E-state index contributed by atoms with van der Waals surface area (Å²) in [6.45, 7) is 0.774. The van der Waals surface area contributed by atoms with Crippen LogP contribution >= 0.6 is 11.6 Å². The molecule has 0 unspecified atom stereocenters. The van der Waals surface area contributed by atoms with Crippen LogP contribution in [0, 0.1) is 11.3 Å². The first-order valence-corrected chi connectivity index (χ1v) is 8.38. The molecule has 2 heterocycles. The molecule has 1 aliphatic rings. The minimum Gasteiger partial charge on any atom is -0.488 e. The highest BCUT2D eigenvalue weighted by molar-refractivity contribution is 6.30. The summed E-state index contributed by atoms with van der Waals surface area (Å²) in [5.41, 5.74) is -0.0530. The number of hydrogen-bond acceptors (Lipinski definition) is 5. The second kappa shape index (κ2) is 8.04. The van der Waals surface area contributed by atoms with Crippen LogP contribution in [0.25, 0.3) is 0 Å². The van der Waals surface area contributed by atoms with Gasteiger partial charge in [0, 0.05) is 12.6 Å². The van der Waals surface area contributed by atoms with E-state index in [0.29, 0.717) is 24.3 Å². The zero-order valence-electron chi connectivity index (χ0n) is 13.7. The fourth-order valence-corrected chi connectivity index (χ4v) is 2.81. The third-order valence-electron chi connectivity index (χ3n) is 3.99. The van der Waals surface area contributed by atoms with Gasteiger partial charge in [-0.05, 0) is 30.3 Å². The van der Waals surface area contributed by atoms with Gasteiger partial charge in [-0.2, -0.15) is 5.26 Å². The van der Waals surface area contributed by atoms with Crippen molar-refractivity contribution in [3.63, 3.8) is 0 Å². The topological polar surface area (TPSA) is 104 Å². The molecule has 1 aromatic carbocycles. The number of nitrogens with zero attached hydrogens (tertiary/aromatic N) is 1. The molecule has 1 aromatic heterocycles. The number of rotatable bonds is 4. The van der Waals surface area contributed by atoms with Gasteiger partial charge in [0.1, 0.15) is 17.4 Å². The van der Waals surface area contributed by atoms with Crippen LogP contribution in [0.15, 0.2) is 41.3 Å². The predicted octanol–water partition coefficient (Wildman–Crippen LogP) is 1.87. The average molecular weight is 374 g/mol. The minimum atomic E-state index is -0.544. The van der Waals surface area contributed by atoms with Crippen LogP contribution in [0.1, 0.15) is 22.3 Å². The maximum Gasteiger partial charge on any atom is 0.260 e. The van der Waals surface area contributed by atoms with Gasteiger partial charge in [-0.1, -0.05) is 11.6 Å². The van der Waals surface area contributed by atoms with Crippen LogP contribution in [-0.4, -0.2) is 36.3 Å². The van der Waals surface area contributed by atoms with Gasteiger partial charge in [0.25, 0.3) is 11.5 Å². The van der Waals surface area contributed by atoms with Crippen molar-refractivity contribution >= 4 is 17.5 Å². The molecule has 134 valence electrons. The van der Waals surface area contributed by atoms with Gasteiger partial charge in [-0.25, -0.2) is 0 Å². The Balaban J connectivity index is 1.72. The number of pyridine rings is 1. The van der Waals surface area contributed by atoms with Crippen molar-refractivity contribution in [3.05, 3.63) is 63.0 Å². The number of carbonyl (C=O) groups excluding carboxylic acids is 1. The molecule has 1 amide bonds. The van der Waals surface area contributed by atoms with Gasteiger partial charge < -0.3 is 19.8 Å². The minimum absolute atomic E-state index is 0.0693. The highest BCUT2D eigenvalue weighted by atomic mass is 35.5. The maximum atomic E-state index is 12.4. The van der Waals surface area contributed by atoms with Gasteiger partial charge >= 0.3 is 0 Å². The highest BCUT2D eigenvalue weighted by Gasteiger charge is 2.30. The zero-order valence-corrected chi connectivity index (χ0v) is 14.5. The smallest absolute Gasteiger partial charge is 0.260 e. The molecule has 2 aromatic rings. The summed E-state index contributed by atoms with van der Waals surface area (Å²) in [6, 6.07) is 9.66. The highest BCUT2D eigenvalue weighted by Crippen LogP contribution is 2.19. The molecule has 0 bridgehead atoms. The Morgan fingerprint density at radius 1 is 1.38 bits per heavy atom. The number of aromatic amines is 1. The molecule has 8 heteroatoms. The lowest BCUT2D eigenvalue weighted by atomic mass is 10.1. The number of amides is 1. The Kier molecular flexibility index (Phi) is 5.56. The van der Waals surface area contributed by atoms with Crippen LogP contribution < -0.4 is 15.6 Å². The Morgan fingerprint density at radius 2 is 2.15 bits per heavy atom. The molecule has 7 nitrogen and oxygen atoms in total. The van der Waals surface area contributed by atoms with E-state index in [4.69, 9.17) is 26.3 Å². The van der Waals surface area contributed by atoms with Gasteiger partial charge in [-0.3, -0.25) is 9.59 Å². The Hall–Kier alpha value is -2.82. The van der Waals surface area contributed by atoms with E-state index in [0.717, 1.165) is 0 Å². The number of H-pyrrole nitrogens is 1. The Labute approximate surface area is 154 Å². The van der Waals surface area contributed by atoms with Gasteiger partial charge in [0.05, 0.1) is 35.9 Å². The zero-order chi connectivity index (χ0) is 18.5. The standard InChI is InChI=1S/C18H16ClN3O4/c19-12-7-14(17(23)21-9-12)18(24)22-15-10-25-6-5-16(15)26-13-3-1-11(8-20)2-4-13/h1-4,7,9,15-16H,5-6,10H2,(H,21,23)(H,22,24)/t15-,16-/m1/s1. The van der Waals surface area contributed by atoms with E-state index in [1.807, 2.05) is 6.07 Å². The molecular weight excluding hydrogens is 358 g/mol. The van der Waals surface area contributed by atoms with E-state index in [1.54, 1.807) is 24.3 Å². The average Bonchev–Trinajstić information content (AvgIpc) is 2.66. The molecule has 1 aliphatic heterocycles. The van der Waals surface area contributed by atoms with E-state index in [-0.39, 0.29) is 23.3 Å². The molecule has 0 spiro atoms. The van der Waals surface area contributed by atoms with Crippen LogP contribution in [0.4, 0.5) is 0 Å². The molecule has 26 heavy (non-hydrogen) atoms. The summed E-state index contributed by atoms with van der Waals surface area (Å²) >= 11 is 5.84. The van der Waals surface area contributed by atoms with E-state index >= 15 is 0 Å². The summed E-state index contributed by atoms with van der Waals surface area (Å²) in [7, 11) is 0. The third-order valence-corrected chi connectivity index (χ3v) is 4.21. The van der Waals surface area contributed by atoms with Crippen molar-refractivity contribution in [3.8, 4) is 11.8 Å². The summed E-state index contributed by atoms with van der Waals surface area (Å²) in [6.07, 6.45) is 1.58. The quantitative estimate of drug-likeness (QED) is 0.851. The van der Waals surface area contributed by atoms with Crippen molar-refractivity contribution in [1.82, 2.24) is 10.3 Å². The maximum absolute atomic E-state index is 12.4. The van der Waals surface area contributed by atoms with Gasteiger partial charge in [0.15, 0.2) is 0 Å². The summed E-state index contributed by atoms with van der Waals surface area (Å²) < 4.78 is 11.4. The van der Waals surface area contributed by atoms with Crippen molar-refractivity contribution in [2.24, 2.45) is 0 Å². The van der Waals surface area contributed by atoms with Crippen molar-refractivity contribution in [2.75, 3.05) is 13.2 Å². The lowest BCUT2D eigenvalue weighted by molar-refractivity contribution is -0.00290. The summed E-state index contributed by atoms with van der Waals surface area (Å²) in [5.74, 6) is 0.0495. The van der Waals surface area contributed by atoms with E-state index in [1.165, 1.54) is 12.3 Å². The molecule has 0 radical (unpaired) electrons. The van der Waals surface area contributed by atoms with Gasteiger partial charge in [0.2, 0.25) is 0 Å². The Bertz CT molecular complexity index is 889. The molecule has 1 saturated heterocycles. The number of carbonyl (C=O) groups is 1. The fourth-order valence-electron chi connectivity index (χ4n) is 2.65. The molecule has 0 aliphatic carbocycles. The summed E-state index contributed by atoms with van der Waals surface area (Å²) in [5, 5.41) is 11.9. The van der Waals surface area contributed by atoms with Crippen LogP contribution in [0.3, 0.4) is 0 Å². The SMILES string of the molecule is N#Cc1ccc(O[C@@H]2CCOC[C@H]2NC(=O)c2cc(Cl)c[nH]c2=O)cc1. The molecule has 1 fully saturated rings. The van der Waals surface area contributed by atoms with E-state index in [2.05, 4.69) is 10.3 Å². The van der Waals surface area contributed by atoms with E-state index < -0.39 is 17.5 Å². The fraction of sp³-hybridized carbons (Fsp3) is 0.278. The van der Waals surface area contributed by atoms with E-state index in [9.17, 15) is 9.59 Å². The normalized spacial score (nSPS) is 19.4. The molecule has 0 saturated carbocycles. The number of hydrogen-bond donors (Lipinski definition) is 2. The Morgan fingerprint density at radius 3 is 2.88 bits per heavy atom. The van der Waals surface area contributed by atoms with Crippen LogP contribution in [0.2, 0.25) is 5.02 Å². The molecule has 2 atom stereocenters. The second-order valence-corrected chi connectivity index (χ2v) is 6.23. The van der Waals surface area contributed by atoms with Crippen molar-refractivity contribution in [2.45, 2.75) is 18.6 Å². The van der Waals surface area contributed by atoms with Crippen molar-refractivity contribution < 1.29 is 14.3 Å². The predicted molar refractivity (Wildman–Crippen MR) is 94.3 cm³/mol. The first-order valence-electron chi connectivity index (χ1n) is 8.00. The third kappa shape index (κ3) is 4.23. The number of nitriles is 1. The summed E-state index contributed by atoms with van der Waals surface area (Å²) in [4.78, 5) is 26.7. The molecule has 3 rings (SSSR count). The number of aromatic nitrogens is 1. The number of benzene rings is 1. The number of nitrogens with one attached hydrogen (secondary N) is 2. The first kappa shape index (κ1) is 18.0. The van der Waals surface area contributed by atoms with Crippen molar-refractivity contribution in [1.29, 1.82) is 5.26 Å². The molecular formula is C18H16ClN3O4. The second-order valence-electron chi connectivity index (χ2n) is 5.80. The lowest BCUT2D eigenvalue weighted by Crippen LogP contribution is -2.52. The first-order chi connectivity index (χ1) is 12.6. The van der Waals surface area contributed by atoms with Crippen LogP contribution in [0.5, 0.6) is 5.75 Å².